The Kier molecular flexibility index (Phi) is 5.98. The minimum atomic E-state index is -0.120. The van der Waals surface area contributed by atoms with Crippen molar-refractivity contribution in [2.45, 2.75) is 13.3 Å². The van der Waals surface area contributed by atoms with Crippen LogP contribution >= 0.6 is 11.6 Å². The minimum absolute atomic E-state index is 0.00392. The maximum atomic E-state index is 12.3. The van der Waals surface area contributed by atoms with Crippen molar-refractivity contribution in [1.82, 2.24) is 9.80 Å². The first-order valence-electron chi connectivity index (χ1n) is 7.52. The van der Waals surface area contributed by atoms with Crippen molar-refractivity contribution < 1.29 is 14.4 Å². The van der Waals surface area contributed by atoms with E-state index in [1.807, 2.05) is 0 Å². The van der Waals surface area contributed by atoms with Crippen LogP contribution in [-0.2, 0) is 14.4 Å². The number of halogens is 1. The molecule has 1 saturated heterocycles. The summed E-state index contributed by atoms with van der Waals surface area (Å²) >= 11 is 5.86. The van der Waals surface area contributed by atoms with Gasteiger partial charge in [-0.25, -0.2) is 0 Å². The second-order valence-corrected chi connectivity index (χ2v) is 5.86. The Labute approximate surface area is 140 Å². The molecule has 1 fully saturated rings. The predicted molar refractivity (Wildman–Crippen MR) is 88.3 cm³/mol. The Morgan fingerprint density at radius 3 is 2.30 bits per heavy atom. The second kappa shape index (κ2) is 7.97. The molecule has 0 bridgehead atoms. The molecule has 0 spiro atoms. The first kappa shape index (κ1) is 17.3. The highest BCUT2D eigenvalue weighted by atomic mass is 35.5. The van der Waals surface area contributed by atoms with Crippen molar-refractivity contribution in [1.29, 1.82) is 0 Å². The van der Waals surface area contributed by atoms with Gasteiger partial charge in [-0.15, -0.1) is 0 Å². The molecule has 6 nitrogen and oxygen atoms in total. The zero-order valence-corrected chi connectivity index (χ0v) is 13.8. The first-order valence-corrected chi connectivity index (χ1v) is 7.90. The normalized spacial score (nSPS) is 14.5. The summed E-state index contributed by atoms with van der Waals surface area (Å²) in [5, 5.41) is 0.598. The minimum Gasteiger partial charge on any atom is -0.342 e. The monoisotopic (exact) mass is 337 g/mol. The number of carbonyl (C=O) groups is 3. The number of nitrogens with zero attached hydrogens (tertiary/aromatic N) is 3. The van der Waals surface area contributed by atoms with Crippen molar-refractivity contribution in [3.05, 3.63) is 29.3 Å². The number of hydrogen-bond acceptors (Lipinski definition) is 3. The predicted octanol–water partition coefficient (Wildman–Crippen LogP) is 1.38. The molecule has 0 saturated carbocycles. The van der Waals surface area contributed by atoms with E-state index in [0.29, 0.717) is 37.7 Å². The molecule has 1 aliphatic heterocycles. The number of carbonyl (C=O) groups excluding carboxylic acids is 3. The van der Waals surface area contributed by atoms with E-state index in [9.17, 15) is 14.4 Å². The fourth-order valence-corrected chi connectivity index (χ4v) is 2.66. The third-order valence-electron chi connectivity index (χ3n) is 3.88. The lowest BCUT2D eigenvalue weighted by molar-refractivity contribution is -0.135. The molecule has 2 rings (SSSR count). The first-order chi connectivity index (χ1) is 11.0. The highest BCUT2D eigenvalue weighted by molar-refractivity contribution is 6.30. The molecule has 3 amide bonds. The van der Waals surface area contributed by atoms with Gasteiger partial charge < -0.3 is 14.7 Å². The third kappa shape index (κ3) is 4.69. The summed E-state index contributed by atoms with van der Waals surface area (Å²) in [5.41, 5.74) is 0.723. The average molecular weight is 338 g/mol. The van der Waals surface area contributed by atoms with Crippen molar-refractivity contribution in [3.63, 3.8) is 0 Å². The summed E-state index contributed by atoms with van der Waals surface area (Å²) in [7, 11) is 0. The van der Waals surface area contributed by atoms with Crippen LogP contribution in [0, 0.1) is 0 Å². The van der Waals surface area contributed by atoms with E-state index in [-0.39, 0.29) is 18.2 Å². The summed E-state index contributed by atoms with van der Waals surface area (Å²) in [4.78, 5) is 39.7. The van der Waals surface area contributed by atoms with Gasteiger partial charge in [0, 0.05) is 56.8 Å². The lowest BCUT2D eigenvalue weighted by atomic mass is 10.2. The fraction of sp³-hybridized carbons (Fsp3) is 0.438. The number of hydrogen-bond donors (Lipinski definition) is 0. The number of amides is 3. The van der Waals surface area contributed by atoms with Crippen LogP contribution in [0.1, 0.15) is 13.3 Å². The summed E-state index contributed by atoms with van der Waals surface area (Å²) in [5.74, 6) is -0.123. The van der Waals surface area contributed by atoms with Gasteiger partial charge in [-0.3, -0.25) is 14.4 Å². The molecule has 1 aliphatic rings. The Morgan fingerprint density at radius 2 is 1.78 bits per heavy atom. The summed E-state index contributed by atoms with van der Waals surface area (Å²) in [6.45, 7) is 3.99. The molecule has 0 atom stereocenters. The zero-order chi connectivity index (χ0) is 16.8. The summed E-state index contributed by atoms with van der Waals surface area (Å²) < 4.78 is 0. The molecule has 7 heteroatoms. The molecule has 0 radical (unpaired) electrons. The molecular formula is C16H20ClN3O3. The molecule has 0 aliphatic carbocycles. The van der Waals surface area contributed by atoms with Gasteiger partial charge >= 0.3 is 0 Å². The summed E-state index contributed by atoms with van der Waals surface area (Å²) in [6, 6.07) is 6.95. The lowest BCUT2D eigenvalue weighted by Crippen LogP contribution is -2.48. The average Bonchev–Trinajstić information content (AvgIpc) is 2.56. The Hall–Kier alpha value is -2.08. The SMILES string of the molecule is CC(=O)N(CCC(=O)N1CCN(C=O)CC1)c1ccc(Cl)cc1. The van der Waals surface area contributed by atoms with Crippen molar-refractivity contribution in [2.24, 2.45) is 0 Å². The third-order valence-corrected chi connectivity index (χ3v) is 4.14. The van der Waals surface area contributed by atoms with E-state index < -0.39 is 0 Å². The molecule has 0 unspecified atom stereocenters. The van der Waals surface area contributed by atoms with E-state index in [1.54, 1.807) is 39.0 Å². The van der Waals surface area contributed by atoms with Gasteiger partial charge in [0.05, 0.1) is 0 Å². The maximum Gasteiger partial charge on any atom is 0.224 e. The van der Waals surface area contributed by atoms with Crippen LogP contribution in [0.15, 0.2) is 24.3 Å². The van der Waals surface area contributed by atoms with Crippen molar-refractivity contribution in [2.75, 3.05) is 37.6 Å². The van der Waals surface area contributed by atoms with Crippen LogP contribution in [-0.4, -0.2) is 60.7 Å². The van der Waals surface area contributed by atoms with Gasteiger partial charge in [0.25, 0.3) is 0 Å². The fourth-order valence-electron chi connectivity index (χ4n) is 2.53. The van der Waals surface area contributed by atoms with Crippen LogP contribution in [0.25, 0.3) is 0 Å². The van der Waals surface area contributed by atoms with Gasteiger partial charge in [0.1, 0.15) is 0 Å². The van der Waals surface area contributed by atoms with E-state index >= 15 is 0 Å². The number of benzene rings is 1. The molecule has 1 aromatic rings. The van der Waals surface area contributed by atoms with E-state index in [1.165, 1.54) is 6.92 Å². The smallest absolute Gasteiger partial charge is 0.224 e. The lowest BCUT2D eigenvalue weighted by Gasteiger charge is -2.33. The molecule has 124 valence electrons. The van der Waals surface area contributed by atoms with Crippen LogP contribution in [0.3, 0.4) is 0 Å². The summed E-state index contributed by atoms with van der Waals surface area (Å²) in [6.07, 6.45) is 1.06. The Bertz CT molecular complexity index is 568. The van der Waals surface area contributed by atoms with Gasteiger partial charge in [0.2, 0.25) is 18.2 Å². The highest BCUT2D eigenvalue weighted by Gasteiger charge is 2.21. The number of rotatable bonds is 5. The van der Waals surface area contributed by atoms with Gasteiger partial charge in [0.15, 0.2) is 0 Å². The molecular weight excluding hydrogens is 318 g/mol. The second-order valence-electron chi connectivity index (χ2n) is 5.42. The molecule has 0 N–H and O–H groups in total. The standard InChI is InChI=1S/C16H20ClN3O3/c1-13(22)20(15-4-2-14(17)3-5-15)7-6-16(23)19-10-8-18(12-21)9-11-19/h2-5,12H,6-11H2,1H3. The Balaban J connectivity index is 1.91. The number of piperazine rings is 1. The maximum absolute atomic E-state index is 12.3. The van der Waals surface area contributed by atoms with Crippen molar-refractivity contribution in [3.8, 4) is 0 Å². The van der Waals surface area contributed by atoms with Gasteiger partial charge in [-0.05, 0) is 24.3 Å². The van der Waals surface area contributed by atoms with Crippen LogP contribution < -0.4 is 4.90 Å². The Morgan fingerprint density at radius 1 is 1.17 bits per heavy atom. The van der Waals surface area contributed by atoms with Crippen LogP contribution in [0.4, 0.5) is 5.69 Å². The van der Waals surface area contributed by atoms with Crippen LogP contribution in [0.5, 0.6) is 0 Å². The largest absolute Gasteiger partial charge is 0.342 e. The van der Waals surface area contributed by atoms with Gasteiger partial charge in [-0.1, -0.05) is 11.6 Å². The topological polar surface area (TPSA) is 60.9 Å². The van der Waals surface area contributed by atoms with Gasteiger partial charge in [-0.2, -0.15) is 0 Å². The van der Waals surface area contributed by atoms with E-state index in [4.69, 9.17) is 11.6 Å². The van der Waals surface area contributed by atoms with E-state index in [2.05, 4.69) is 0 Å². The zero-order valence-electron chi connectivity index (χ0n) is 13.1. The van der Waals surface area contributed by atoms with Crippen molar-refractivity contribution >= 4 is 35.5 Å². The molecule has 0 aromatic heterocycles. The van der Waals surface area contributed by atoms with E-state index in [0.717, 1.165) is 12.1 Å². The van der Waals surface area contributed by atoms with Crippen LogP contribution in [0.2, 0.25) is 5.02 Å². The quantitative estimate of drug-likeness (QED) is 0.763. The molecule has 1 aromatic carbocycles. The molecule has 1 heterocycles. The highest BCUT2D eigenvalue weighted by Crippen LogP contribution is 2.18. The number of anilines is 1. The molecule has 23 heavy (non-hydrogen) atoms.